The third kappa shape index (κ3) is 5.50. The average Bonchev–Trinajstić information content (AvgIpc) is 2.35. The molecular weight excluding hydrogens is 218 g/mol. The summed E-state index contributed by atoms with van der Waals surface area (Å²) in [4.78, 5) is 11.7. The molecule has 4 nitrogen and oxygen atoms in total. The van der Waals surface area contributed by atoms with Crippen LogP contribution in [0.2, 0.25) is 0 Å². The standard InChI is InChI=1S/C13H25NO3/c1-3-11-6-4-5-7-12(11)14-13(15)10-17-9-8-16-2/h11-12H,3-10H2,1-2H3,(H,14,15). The van der Waals surface area contributed by atoms with Crippen molar-refractivity contribution in [2.75, 3.05) is 26.9 Å². The lowest BCUT2D eigenvalue weighted by molar-refractivity contribution is -0.127. The quantitative estimate of drug-likeness (QED) is 0.693. The van der Waals surface area contributed by atoms with E-state index in [0.717, 1.165) is 12.8 Å². The summed E-state index contributed by atoms with van der Waals surface area (Å²) >= 11 is 0. The van der Waals surface area contributed by atoms with E-state index in [4.69, 9.17) is 9.47 Å². The van der Waals surface area contributed by atoms with Crippen LogP contribution in [-0.4, -0.2) is 38.9 Å². The molecule has 0 saturated heterocycles. The second kappa shape index (κ2) is 8.48. The molecule has 1 amide bonds. The Morgan fingerprint density at radius 1 is 1.29 bits per heavy atom. The number of ether oxygens (including phenoxy) is 2. The number of carbonyl (C=O) groups is 1. The minimum Gasteiger partial charge on any atom is -0.382 e. The van der Waals surface area contributed by atoms with Crippen molar-refractivity contribution in [3.8, 4) is 0 Å². The van der Waals surface area contributed by atoms with Crippen LogP contribution in [-0.2, 0) is 14.3 Å². The molecule has 0 spiro atoms. The first kappa shape index (κ1) is 14.5. The molecule has 1 aliphatic carbocycles. The highest BCUT2D eigenvalue weighted by molar-refractivity contribution is 5.77. The summed E-state index contributed by atoms with van der Waals surface area (Å²) in [6.07, 6.45) is 6.03. The lowest BCUT2D eigenvalue weighted by atomic mass is 9.83. The SMILES string of the molecule is CCC1CCCCC1NC(=O)COCCOC. The molecule has 0 aromatic carbocycles. The molecule has 1 rings (SSSR count). The highest BCUT2D eigenvalue weighted by Gasteiger charge is 2.24. The van der Waals surface area contributed by atoms with Crippen molar-refractivity contribution < 1.29 is 14.3 Å². The predicted octanol–water partition coefficient (Wildman–Crippen LogP) is 1.73. The van der Waals surface area contributed by atoms with Crippen molar-refractivity contribution in [2.45, 2.75) is 45.1 Å². The van der Waals surface area contributed by atoms with Gasteiger partial charge in [0.1, 0.15) is 6.61 Å². The zero-order chi connectivity index (χ0) is 12.5. The van der Waals surface area contributed by atoms with Gasteiger partial charge >= 0.3 is 0 Å². The highest BCUT2D eigenvalue weighted by atomic mass is 16.5. The number of amides is 1. The fourth-order valence-electron chi connectivity index (χ4n) is 2.44. The number of carbonyl (C=O) groups excluding carboxylic acids is 1. The second-order valence-corrected chi connectivity index (χ2v) is 4.67. The van der Waals surface area contributed by atoms with E-state index in [1.54, 1.807) is 7.11 Å². The Hall–Kier alpha value is -0.610. The van der Waals surface area contributed by atoms with Crippen LogP contribution in [0, 0.1) is 5.92 Å². The van der Waals surface area contributed by atoms with Gasteiger partial charge in [0.15, 0.2) is 0 Å². The first-order valence-electron chi connectivity index (χ1n) is 6.64. The van der Waals surface area contributed by atoms with Crippen LogP contribution in [0.5, 0.6) is 0 Å². The number of hydrogen-bond donors (Lipinski definition) is 1. The maximum Gasteiger partial charge on any atom is 0.246 e. The molecule has 1 fully saturated rings. The van der Waals surface area contributed by atoms with Gasteiger partial charge in [0.2, 0.25) is 5.91 Å². The fourth-order valence-corrected chi connectivity index (χ4v) is 2.44. The maximum absolute atomic E-state index is 11.7. The van der Waals surface area contributed by atoms with Gasteiger partial charge in [0, 0.05) is 13.2 Å². The number of hydrogen-bond acceptors (Lipinski definition) is 3. The van der Waals surface area contributed by atoms with Crippen molar-refractivity contribution in [1.82, 2.24) is 5.32 Å². The first-order chi connectivity index (χ1) is 8.27. The largest absolute Gasteiger partial charge is 0.382 e. The van der Waals surface area contributed by atoms with E-state index < -0.39 is 0 Å². The molecule has 0 radical (unpaired) electrons. The van der Waals surface area contributed by atoms with Crippen molar-refractivity contribution in [3.63, 3.8) is 0 Å². The molecule has 0 aromatic heterocycles. The van der Waals surface area contributed by atoms with Crippen LogP contribution in [0.15, 0.2) is 0 Å². The van der Waals surface area contributed by atoms with E-state index in [-0.39, 0.29) is 12.5 Å². The molecule has 0 aliphatic heterocycles. The van der Waals surface area contributed by atoms with Crippen LogP contribution in [0.3, 0.4) is 0 Å². The van der Waals surface area contributed by atoms with E-state index >= 15 is 0 Å². The fraction of sp³-hybridized carbons (Fsp3) is 0.923. The topological polar surface area (TPSA) is 47.6 Å². The Balaban J connectivity index is 2.19. The van der Waals surface area contributed by atoms with Crippen molar-refractivity contribution in [1.29, 1.82) is 0 Å². The van der Waals surface area contributed by atoms with Crippen molar-refractivity contribution in [3.05, 3.63) is 0 Å². The third-order valence-corrected chi connectivity index (χ3v) is 3.44. The van der Waals surface area contributed by atoms with Gasteiger partial charge in [-0.1, -0.05) is 26.2 Å². The molecule has 0 bridgehead atoms. The van der Waals surface area contributed by atoms with E-state index in [0.29, 0.717) is 25.2 Å². The van der Waals surface area contributed by atoms with Crippen LogP contribution in [0.4, 0.5) is 0 Å². The summed E-state index contributed by atoms with van der Waals surface area (Å²) in [6, 6.07) is 0.354. The summed E-state index contributed by atoms with van der Waals surface area (Å²) in [5, 5.41) is 3.09. The molecule has 2 unspecified atom stereocenters. The molecule has 0 aromatic rings. The molecule has 0 heterocycles. The maximum atomic E-state index is 11.7. The van der Waals surface area contributed by atoms with Gasteiger partial charge in [-0.3, -0.25) is 4.79 Å². The van der Waals surface area contributed by atoms with E-state index in [2.05, 4.69) is 12.2 Å². The molecule has 2 atom stereocenters. The Kier molecular flexibility index (Phi) is 7.21. The molecule has 1 aliphatic rings. The van der Waals surface area contributed by atoms with Crippen molar-refractivity contribution >= 4 is 5.91 Å². The Morgan fingerprint density at radius 3 is 2.76 bits per heavy atom. The number of nitrogens with one attached hydrogen (secondary N) is 1. The monoisotopic (exact) mass is 243 g/mol. The second-order valence-electron chi connectivity index (χ2n) is 4.67. The number of rotatable bonds is 7. The summed E-state index contributed by atoms with van der Waals surface area (Å²) in [5.41, 5.74) is 0. The van der Waals surface area contributed by atoms with Crippen LogP contribution < -0.4 is 5.32 Å². The van der Waals surface area contributed by atoms with Crippen LogP contribution >= 0.6 is 0 Å². The van der Waals surface area contributed by atoms with Gasteiger partial charge in [-0.05, 0) is 18.8 Å². The van der Waals surface area contributed by atoms with Gasteiger partial charge in [0.25, 0.3) is 0 Å². The summed E-state index contributed by atoms with van der Waals surface area (Å²) in [7, 11) is 1.62. The van der Waals surface area contributed by atoms with Crippen molar-refractivity contribution in [2.24, 2.45) is 5.92 Å². The zero-order valence-corrected chi connectivity index (χ0v) is 11.0. The van der Waals surface area contributed by atoms with Gasteiger partial charge in [-0.15, -0.1) is 0 Å². The van der Waals surface area contributed by atoms with E-state index in [1.807, 2.05) is 0 Å². The van der Waals surface area contributed by atoms with Gasteiger partial charge in [-0.2, -0.15) is 0 Å². The van der Waals surface area contributed by atoms with E-state index in [9.17, 15) is 4.79 Å². The highest BCUT2D eigenvalue weighted by Crippen LogP contribution is 2.26. The van der Waals surface area contributed by atoms with E-state index in [1.165, 1.54) is 19.3 Å². The normalized spacial score (nSPS) is 24.6. The lowest BCUT2D eigenvalue weighted by Crippen LogP contribution is -2.43. The summed E-state index contributed by atoms with van der Waals surface area (Å²) in [6.45, 7) is 3.36. The van der Waals surface area contributed by atoms with Crippen LogP contribution in [0.1, 0.15) is 39.0 Å². The molecule has 100 valence electrons. The van der Waals surface area contributed by atoms with Gasteiger partial charge in [-0.25, -0.2) is 0 Å². The van der Waals surface area contributed by atoms with Gasteiger partial charge in [0.05, 0.1) is 13.2 Å². The van der Waals surface area contributed by atoms with Crippen LogP contribution in [0.25, 0.3) is 0 Å². The molecule has 4 heteroatoms. The third-order valence-electron chi connectivity index (χ3n) is 3.44. The number of methoxy groups -OCH3 is 1. The average molecular weight is 243 g/mol. The zero-order valence-electron chi connectivity index (χ0n) is 11.0. The Morgan fingerprint density at radius 2 is 2.06 bits per heavy atom. The first-order valence-corrected chi connectivity index (χ1v) is 6.64. The summed E-state index contributed by atoms with van der Waals surface area (Å²) in [5.74, 6) is 0.651. The minimum absolute atomic E-state index is 0.00598. The smallest absolute Gasteiger partial charge is 0.246 e. The lowest BCUT2D eigenvalue weighted by Gasteiger charge is -2.31. The summed E-state index contributed by atoms with van der Waals surface area (Å²) < 4.78 is 10.1. The minimum atomic E-state index is 0.00598. The predicted molar refractivity (Wildman–Crippen MR) is 66.9 cm³/mol. The van der Waals surface area contributed by atoms with Gasteiger partial charge < -0.3 is 14.8 Å². The molecule has 1 saturated carbocycles. The molecular formula is C13H25NO3. The molecule has 17 heavy (non-hydrogen) atoms. The Bertz CT molecular complexity index is 221. The molecule has 1 N–H and O–H groups in total. The Labute approximate surface area is 104 Å².